The molecule has 0 aliphatic rings. The van der Waals surface area contributed by atoms with E-state index in [0.29, 0.717) is 17.1 Å². The summed E-state index contributed by atoms with van der Waals surface area (Å²) in [6.45, 7) is -0.522. The number of methoxy groups -OCH3 is 1. The van der Waals surface area contributed by atoms with Gasteiger partial charge in [-0.25, -0.2) is 14.3 Å². The zero-order chi connectivity index (χ0) is 23.2. The van der Waals surface area contributed by atoms with Gasteiger partial charge < -0.3 is 14.8 Å². The van der Waals surface area contributed by atoms with Crippen LogP contribution in [0.15, 0.2) is 72.1 Å². The Morgan fingerprint density at radius 1 is 0.970 bits per heavy atom. The molecule has 33 heavy (non-hydrogen) atoms. The summed E-state index contributed by atoms with van der Waals surface area (Å²) in [4.78, 5) is 41.4. The van der Waals surface area contributed by atoms with Crippen molar-refractivity contribution in [2.24, 2.45) is 0 Å². The lowest BCUT2D eigenvalue weighted by atomic mass is 10.2. The molecule has 0 bridgehead atoms. The van der Waals surface area contributed by atoms with Crippen LogP contribution in [0.1, 0.15) is 21.0 Å². The monoisotopic (exact) mass is 462 g/mol. The van der Waals surface area contributed by atoms with Crippen LogP contribution in [0.2, 0.25) is 0 Å². The molecule has 0 fully saturated rings. The molecule has 2 heterocycles. The van der Waals surface area contributed by atoms with E-state index in [4.69, 9.17) is 4.74 Å². The Labute approximate surface area is 192 Å². The Hall–Kier alpha value is -4.31. The molecule has 2 aromatic heterocycles. The largest absolute Gasteiger partial charge is 0.465 e. The van der Waals surface area contributed by atoms with Crippen LogP contribution in [0.4, 0.5) is 5.69 Å². The lowest BCUT2D eigenvalue weighted by Crippen LogP contribution is -2.21. The molecule has 1 amide bonds. The smallest absolute Gasteiger partial charge is 0.378 e. The van der Waals surface area contributed by atoms with E-state index in [1.165, 1.54) is 30.6 Å². The van der Waals surface area contributed by atoms with Gasteiger partial charge in [0.15, 0.2) is 12.4 Å². The number of ether oxygens (including phenoxy) is 2. The molecule has 0 aliphatic carbocycles. The van der Waals surface area contributed by atoms with Crippen LogP contribution in [0.5, 0.6) is 0 Å². The maximum atomic E-state index is 12.5. The number of thiophene rings is 1. The molecule has 0 saturated carbocycles. The third-order valence-electron chi connectivity index (χ3n) is 4.46. The number of esters is 2. The summed E-state index contributed by atoms with van der Waals surface area (Å²) in [7, 11) is 1.29. The highest BCUT2D eigenvalue weighted by molar-refractivity contribution is 7.13. The Morgan fingerprint density at radius 3 is 2.39 bits per heavy atom. The summed E-state index contributed by atoms with van der Waals surface area (Å²) < 4.78 is 11.3. The maximum absolute atomic E-state index is 12.5. The van der Waals surface area contributed by atoms with Gasteiger partial charge in [0.05, 0.1) is 23.2 Å². The van der Waals surface area contributed by atoms with Crippen LogP contribution in [0.3, 0.4) is 0 Å². The SMILES string of the molecule is COC(=O)c1ccc(NC(=O)COC(=O)c2nc(-c3cccs3)n(-c3ccccc3)n2)cc1. The normalized spacial score (nSPS) is 10.5. The summed E-state index contributed by atoms with van der Waals surface area (Å²) in [6.07, 6.45) is 0. The summed E-state index contributed by atoms with van der Waals surface area (Å²) in [5, 5.41) is 8.78. The minimum Gasteiger partial charge on any atom is -0.465 e. The molecule has 0 spiro atoms. The lowest BCUT2D eigenvalue weighted by Gasteiger charge is -2.06. The van der Waals surface area contributed by atoms with Gasteiger partial charge in [0.1, 0.15) is 0 Å². The number of para-hydroxylation sites is 1. The number of anilines is 1. The molecule has 9 nitrogen and oxygen atoms in total. The van der Waals surface area contributed by atoms with Crippen molar-refractivity contribution < 1.29 is 23.9 Å². The number of aromatic nitrogens is 3. The third kappa shape index (κ3) is 5.13. The van der Waals surface area contributed by atoms with Crippen molar-refractivity contribution in [1.29, 1.82) is 0 Å². The molecule has 4 rings (SSSR count). The molecule has 10 heteroatoms. The molecule has 1 N–H and O–H groups in total. The zero-order valence-corrected chi connectivity index (χ0v) is 18.2. The number of nitrogens with zero attached hydrogens (tertiary/aromatic N) is 3. The summed E-state index contributed by atoms with van der Waals surface area (Å²) in [5.74, 6) is -1.50. The number of benzene rings is 2. The van der Waals surface area contributed by atoms with Crippen LogP contribution in [0.25, 0.3) is 16.4 Å². The van der Waals surface area contributed by atoms with Crippen molar-refractivity contribution in [3.05, 3.63) is 83.5 Å². The maximum Gasteiger partial charge on any atom is 0.378 e. The molecule has 4 aromatic rings. The Morgan fingerprint density at radius 2 is 1.73 bits per heavy atom. The fourth-order valence-electron chi connectivity index (χ4n) is 2.91. The van der Waals surface area contributed by atoms with Crippen molar-refractivity contribution in [3.63, 3.8) is 0 Å². The summed E-state index contributed by atoms with van der Waals surface area (Å²) >= 11 is 1.47. The average molecular weight is 462 g/mol. The molecule has 0 radical (unpaired) electrons. The number of hydrogen-bond acceptors (Lipinski definition) is 8. The van der Waals surface area contributed by atoms with Gasteiger partial charge in [-0.2, -0.15) is 4.98 Å². The second kappa shape index (κ2) is 9.88. The number of carbonyl (C=O) groups excluding carboxylic acids is 3. The highest BCUT2D eigenvalue weighted by Gasteiger charge is 2.21. The number of nitrogens with one attached hydrogen (secondary N) is 1. The van der Waals surface area contributed by atoms with Gasteiger partial charge in [0.2, 0.25) is 0 Å². The first kappa shape index (κ1) is 21.9. The van der Waals surface area contributed by atoms with Gasteiger partial charge in [0.25, 0.3) is 11.7 Å². The Bertz CT molecular complexity index is 1270. The molecular formula is C23H18N4O5S. The molecular weight excluding hydrogens is 444 g/mol. The first-order valence-corrected chi connectivity index (χ1v) is 10.6. The van der Waals surface area contributed by atoms with Crippen molar-refractivity contribution in [2.75, 3.05) is 19.0 Å². The van der Waals surface area contributed by atoms with Crippen LogP contribution >= 0.6 is 11.3 Å². The van der Waals surface area contributed by atoms with Gasteiger partial charge in [-0.05, 0) is 47.8 Å². The first-order chi connectivity index (χ1) is 16.0. The Kier molecular flexibility index (Phi) is 6.56. The van der Waals surface area contributed by atoms with E-state index in [0.717, 1.165) is 10.6 Å². The molecule has 166 valence electrons. The fourth-order valence-corrected chi connectivity index (χ4v) is 3.61. The molecule has 0 atom stereocenters. The van der Waals surface area contributed by atoms with Crippen LogP contribution in [-0.4, -0.2) is 46.3 Å². The molecule has 0 unspecified atom stereocenters. The van der Waals surface area contributed by atoms with E-state index in [2.05, 4.69) is 20.1 Å². The number of rotatable bonds is 7. The molecule has 0 saturated heterocycles. The molecule has 2 aromatic carbocycles. The minimum absolute atomic E-state index is 0.155. The van der Waals surface area contributed by atoms with Crippen molar-refractivity contribution in [2.45, 2.75) is 0 Å². The van der Waals surface area contributed by atoms with Crippen LogP contribution in [-0.2, 0) is 14.3 Å². The van der Waals surface area contributed by atoms with E-state index in [1.807, 2.05) is 47.8 Å². The fraction of sp³-hybridized carbons (Fsp3) is 0.0870. The third-order valence-corrected chi connectivity index (χ3v) is 5.32. The summed E-state index contributed by atoms with van der Waals surface area (Å²) in [6, 6.07) is 19.2. The molecule has 0 aliphatic heterocycles. The summed E-state index contributed by atoms with van der Waals surface area (Å²) in [5.41, 5.74) is 1.53. The van der Waals surface area contributed by atoms with E-state index >= 15 is 0 Å². The van der Waals surface area contributed by atoms with Crippen molar-refractivity contribution in [3.8, 4) is 16.4 Å². The topological polar surface area (TPSA) is 112 Å². The lowest BCUT2D eigenvalue weighted by molar-refractivity contribution is -0.119. The average Bonchev–Trinajstić information content (AvgIpc) is 3.53. The van der Waals surface area contributed by atoms with E-state index in [1.54, 1.807) is 16.8 Å². The van der Waals surface area contributed by atoms with Gasteiger partial charge >= 0.3 is 11.9 Å². The van der Waals surface area contributed by atoms with Crippen LogP contribution < -0.4 is 5.32 Å². The van der Waals surface area contributed by atoms with Crippen molar-refractivity contribution >= 4 is 34.9 Å². The van der Waals surface area contributed by atoms with Gasteiger partial charge in [-0.3, -0.25) is 4.79 Å². The predicted octanol–water partition coefficient (Wildman–Crippen LogP) is 3.58. The quantitative estimate of drug-likeness (QED) is 0.418. The number of hydrogen-bond donors (Lipinski definition) is 1. The highest BCUT2D eigenvalue weighted by atomic mass is 32.1. The Balaban J connectivity index is 1.43. The van der Waals surface area contributed by atoms with Gasteiger partial charge in [-0.1, -0.05) is 24.3 Å². The predicted molar refractivity (Wildman–Crippen MR) is 121 cm³/mol. The zero-order valence-electron chi connectivity index (χ0n) is 17.4. The van der Waals surface area contributed by atoms with Gasteiger partial charge in [0, 0.05) is 5.69 Å². The number of amides is 1. The first-order valence-electron chi connectivity index (χ1n) is 9.77. The van der Waals surface area contributed by atoms with Gasteiger partial charge in [-0.15, -0.1) is 16.4 Å². The standard InChI is InChI=1S/C23H18N4O5S/c1-31-22(29)15-9-11-16(12-10-15)24-19(28)14-32-23(30)20-25-21(18-8-5-13-33-18)27(26-20)17-6-3-2-4-7-17/h2-13H,14H2,1H3,(H,24,28). The number of carbonyl (C=O) groups is 3. The van der Waals surface area contributed by atoms with Crippen molar-refractivity contribution in [1.82, 2.24) is 14.8 Å². The second-order valence-corrected chi connectivity index (χ2v) is 7.62. The highest BCUT2D eigenvalue weighted by Crippen LogP contribution is 2.25. The van der Waals surface area contributed by atoms with E-state index in [-0.39, 0.29) is 5.82 Å². The minimum atomic E-state index is -0.821. The van der Waals surface area contributed by atoms with E-state index in [9.17, 15) is 14.4 Å². The van der Waals surface area contributed by atoms with E-state index < -0.39 is 24.5 Å². The van der Waals surface area contributed by atoms with Crippen LogP contribution in [0, 0.1) is 0 Å². The second-order valence-electron chi connectivity index (χ2n) is 6.68.